The normalized spacial score (nSPS) is 17.5. The van der Waals surface area contributed by atoms with Gasteiger partial charge in [0.25, 0.3) is 5.69 Å². The molecule has 0 radical (unpaired) electrons. The lowest BCUT2D eigenvalue weighted by Crippen LogP contribution is -2.47. The maximum absolute atomic E-state index is 13.0. The molecule has 0 N–H and O–H groups in total. The van der Waals surface area contributed by atoms with E-state index in [1.54, 1.807) is 15.7 Å². The summed E-state index contributed by atoms with van der Waals surface area (Å²) in [5, 5.41) is 16.1. The number of nitro benzene ring substituents is 1. The van der Waals surface area contributed by atoms with Crippen LogP contribution in [0.3, 0.4) is 0 Å². The molecule has 4 rings (SSSR count). The van der Waals surface area contributed by atoms with Crippen LogP contribution in [-0.2, 0) is 19.4 Å². The molecular formula is C20H23F3N6O2S. The van der Waals surface area contributed by atoms with Gasteiger partial charge in [-0.2, -0.15) is 18.3 Å². The van der Waals surface area contributed by atoms with Crippen LogP contribution < -0.4 is 4.90 Å². The SMILES string of the molecule is C=CCn1c(C2CC2)nn(CN2CCN(c3ccc(C(F)(F)F)cc3[N+](=O)[O-])CC2)c1=S. The van der Waals surface area contributed by atoms with Crippen LogP contribution in [0.1, 0.15) is 30.1 Å². The summed E-state index contributed by atoms with van der Waals surface area (Å²) in [5.74, 6) is 1.42. The zero-order valence-corrected chi connectivity index (χ0v) is 18.1. The molecule has 0 unspecified atom stereocenters. The maximum atomic E-state index is 13.0. The van der Waals surface area contributed by atoms with Crippen molar-refractivity contribution in [3.8, 4) is 0 Å². The molecule has 32 heavy (non-hydrogen) atoms. The predicted molar refractivity (Wildman–Crippen MR) is 115 cm³/mol. The number of hydrogen-bond donors (Lipinski definition) is 0. The minimum atomic E-state index is -4.63. The zero-order chi connectivity index (χ0) is 23.0. The number of nitrogens with zero attached hydrogens (tertiary/aromatic N) is 6. The fourth-order valence-corrected chi connectivity index (χ4v) is 4.19. The Morgan fingerprint density at radius 2 is 1.94 bits per heavy atom. The molecule has 172 valence electrons. The van der Waals surface area contributed by atoms with E-state index in [1.165, 1.54) is 6.07 Å². The van der Waals surface area contributed by atoms with Gasteiger partial charge in [-0.1, -0.05) is 6.08 Å². The van der Waals surface area contributed by atoms with Crippen molar-refractivity contribution in [3.63, 3.8) is 0 Å². The minimum Gasteiger partial charge on any atom is -0.363 e. The fraction of sp³-hybridized carbons (Fsp3) is 0.500. The molecule has 2 fully saturated rings. The van der Waals surface area contributed by atoms with Gasteiger partial charge in [-0.15, -0.1) is 6.58 Å². The number of anilines is 1. The molecule has 2 heterocycles. The fourth-order valence-electron chi connectivity index (χ4n) is 3.93. The van der Waals surface area contributed by atoms with Crippen molar-refractivity contribution in [3.05, 3.63) is 57.1 Å². The van der Waals surface area contributed by atoms with Crippen LogP contribution in [-0.4, -0.2) is 50.3 Å². The van der Waals surface area contributed by atoms with Gasteiger partial charge in [-0.05, 0) is 37.2 Å². The van der Waals surface area contributed by atoms with Gasteiger partial charge in [0.05, 0.1) is 17.2 Å². The summed E-state index contributed by atoms with van der Waals surface area (Å²) >= 11 is 5.59. The van der Waals surface area contributed by atoms with E-state index in [9.17, 15) is 23.3 Å². The van der Waals surface area contributed by atoms with Gasteiger partial charge in [0.1, 0.15) is 11.5 Å². The lowest BCUT2D eigenvalue weighted by atomic mass is 10.1. The lowest BCUT2D eigenvalue weighted by molar-refractivity contribution is -0.384. The van der Waals surface area contributed by atoms with Crippen LogP contribution >= 0.6 is 12.2 Å². The van der Waals surface area contributed by atoms with Gasteiger partial charge in [0.2, 0.25) is 0 Å². The monoisotopic (exact) mass is 468 g/mol. The van der Waals surface area contributed by atoms with E-state index in [1.807, 2.05) is 4.57 Å². The molecule has 0 atom stereocenters. The van der Waals surface area contributed by atoms with Crippen LogP contribution in [0.5, 0.6) is 0 Å². The van der Waals surface area contributed by atoms with Gasteiger partial charge in [0.15, 0.2) is 4.77 Å². The second kappa shape index (κ2) is 8.66. The number of benzene rings is 1. The number of rotatable bonds is 7. The highest BCUT2D eigenvalue weighted by Gasteiger charge is 2.34. The Morgan fingerprint density at radius 3 is 2.50 bits per heavy atom. The predicted octanol–water partition coefficient (Wildman–Crippen LogP) is 4.18. The quantitative estimate of drug-likeness (QED) is 0.263. The molecule has 1 saturated heterocycles. The number of hydrogen-bond acceptors (Lipinski definition) is 6. The number of alkyl halides is 3. The molecule has 0 amide bonds. The third-order valence-corrected chi connectivity index (χ3v) is 6.18. The van der Waals surface area contributed by atoms with Crippen molar-refractivity contribution in [2.75, 3.05) is 31.1 Å². The van der Waals surface area contributed by atoms with Crippen LogP contribution in [0, 0.1) is 14.9 Å². The first-order chi connectivity index (χ1) is 15.2. The molecule has 8 nitrogen and oxygen atoms in total. The smallest absolute Gasteiger partial charge is 0.363 e. The summed E-state index contributed by atoms with van der Waals surface area (Å²) in [6.45, 7) is 6.93. The molecule has 1 aromatic carbocycles. The van der Waals surface area contributed by atoms with E-state index in [-0.39, 0.29) is 5.69 Å². The molecule has 1 aromatic heterocycles. The summed E-state index contributed by atoms with van der Waals surface area (Å²) in [5.41, 5.74) is -1.36. The second-order valence-corrected chi connectivity index (χ2v) is 8.38. The molecule has 1 aliphatic carbocycles. The van der Waals surface area contributed by atoms with E-state index in [0.29, 0.717) is 56.1 Å². The summed E-state index contributed by atoms with van der Waals surface area (Å²) in [7, 11) is 0. The highest BCUT2D eigenvalue weighted by Crippen LogP contribution is 2.39. The molecule has 12 heteroatoms. The van der Waals surface area contributed by atoms with E-state index in [0.717, 1.165) is 24.7 Å². The van der Waals surface area contributed by atoms with Gasteiger partial charge < -0.3 is 4.90 Å². The average molecular weight is 469 g/mol. The van der Waals surface area contributed by atoms with Crippen molar-refractivity contribution in [1.29, 1.82) is 0 Å². The molecule has 1 aliphatic heterocycles. The Balaban J connectivity index is 1.46. The van der Waals surface area contributed by atoms with Crippen LogP contribution in [0.15, 0.2) is 30.9 Å². The molecule has 1 saturated carbocycles. The molecule has 0 spiro atoms. The highest BCUT2D eigenvalue weighted by molar-refractivity contribution is 7.71. The van der Waals surface area contributed by atoms with Gasteiger partial charge in [-0.25, -0.2) is 4.68 Å². The number of halogens is 3. The third-order valence-electron chi connectivity index (χ3n) is 5.75. The van der Waals surface area contributed by atoms with E-state index < -0.39 is 22.4 Å². The summed E-state index contributed by atoms with van der Waals surface area (Å²) in [6.07, 6.45) is -0.625. The lowest BCUT2D eigenvalue weighted by Gasteiger charge is -2.35. The average Bonchev–Trinajstić information content (AvgIpc) is 3.55. The molecular weight excluding hydrogens is 445 g/mol. The van der Waals surface area contributed by atoms with Gasteiger partial charge >= 0.3 is 6.18 Å². The third kappa shape index (κ3) is 4.56. The van der Waals surface area contributed by atoms with E-state index in [2.05, 4.69) is 11.5 Å². The summed E-state index contributed by atoms with van der Waals surface area (Å²) < 4.78 is 43.3. The van der Waals surface area contributed by atoms with Gasteiger partial charge in [0, 0.05) is 44.7 Å². The van der Waals surface area contributed by atoms with Crippen molar-refractivity contribution < 1.29 is 18.1 Å². The Hall–Kier alpha value is -2.73. The van der Waals surface area contributed by atoms with Gasteiger partial charge in [-0.3, -0.25) is 19.6 Å². The van der Waals surface area contributed by atoms with E-state index >= 15 is 0 Å². The number of nitro groups is 1. The Labute approximate surface area is 187 Å². The number of piperazine rings is 1. The Kier molecular flexibility index (Phi) is 6.08. The summed E-state index contributed by atoms with van der Waals surface area (Å²) in [6, 6.07) is 2.68. The zero-order valence-electron chi connectivity index (χ0n) is 17.3. The first kappa shape index (κ1) is 22.5. The second-order valence-electron chi connectivity index (χ2n) is 8.02. The first-order valence-electron chi connectivity index (χ1n) is 10.3. The standard InChI is InChI=1S/C20H23F3N6O2S/c1-2-7-27-18(14-3-4-14)24-28(19(27)32)13-25-8-10-26(11-9-25)16-6-5-15(20(21,22)23)12-17(16)29(30)31/h2,5-6,12,14H,1,3-4,7-11,13H2. The molecule has 2 aromatic rings. The largest absolute Gasteiger partial charge is 0.416 e. The highest BCUT2D eigenvalue weighted by atomic mass is 32.1. The van der Waals surface area contributed by atoms with Crippen molar-refractivity contribution in [2.45, 2.75) is 38.1 Å². The van der Waals surface area contributed by atoms with Crippen LogP contribution in [0.2, 0.25) is 0 Å². The van der Waals surface area contributed by atoms with Crippen LogP contribution in [0.4, 0.5) is 24.5 Å². The number of aromatic nitrogens is 3. The van der Waals surface area contributed by atoms with Crippen molar-refractivity contribution >= 4 is 23.6 Å². The Bertz CT molecular complexity index is 1080. The topological polar surface area (TPSA) is 72.4 Å². The van der Waals surface area contributed by atoms with Crippen LogP contribution in [0.25, 0.3) is 0 Å². The Morgan fingerprint density at radius 1 is 1.25 bits per heavy atom. The molecule has 2 aliphatic rings. The number of allylic oxidation sites excluding steroid dienone is 1. The van der Waals surface area contributed by atoms with E-state index in [4.69, 9.17) is 17.3 Å². The molecule has 0 bridgehead atoms. The maximum Gasteiger partial charge on any atom is 0.416 e. The minimum absolute atomic E-state index is 0.200. The van der Waals surface area contributed by atoms with Crippen molar-refractivity contribution in [2.24, 2.45) is 0 Å². The summed E-state index contributed by atoms with van der Waals surface area (Å²) in [4.78, 5) is 14.5. The first-order valence-corrected chi connectivity index (χ1v) is 10.7. The van der Waals surface area contributed by atoms with Crippen molar-refractivity contribution in [1.82, 2.24) is 19.2 Å².